The Morgan fingerprint density at radius 3 is 2.78 bits per heavy atom. The number of hydrogen-bond donors (Lipinski definition) is 1. The topological polar surface area (TPSA) is 62.1 Å². The van der Waals surface area contributed by atoms with Crippen LogP contribution in [-0.2, 0) is 11.2 Å². The maximum atomic E-state index is 11.8. The molecular weight excluding hydrogens is 228 g/mol. The fourth-order valence-corrected chi connectivity index (χ4v) is 1.62. The van der Waals surface area contributed by atoms with Gasteiger partial charge in [-0.1, -0.05) is 12.1 Å². The molecule has 0 aliphatic rings. The molecule has 1 aromatic carbocycles. The number of ether oxygens (including phenoxy) is 1. The van der Waals surface area contributed by atoms with Crippen molar-refractivity contribution in [3.8, 4) is 11.8 Å². The summed E-state index contributed by atoms with van der Waals surface area (Å²) >= 11 is 0. The van der Waals surface area contributed by atoms with Crippen LogP contribution < -0.4 is 10.1 Å². The molecule has 0 saturated heterocycles. The molecule has 0 bridgehead atoms. The Morgan fingerprint density at radius 2 is 2.22 bits per heavy atom. The van der Waals surface area contributed by atoms with Gasteiger partial charge in [0.05, 0.1) is 13.2 Å². The van der Waals surface area contributed by atoms with Crippen molar-refractivity contribution in [1.82, 2.24) is 5.32 Å². The lowest BCUT2D eigenvalue weighted by Gasteiger charge is -2.13. The number of amides is 1. The second-order valence-electron chi connectivity index (χ2n) is 4.40. The summed E-state index contributed by atoms with van der Waals surface area (Å²) in [5.74, 6) is -0.164. The number of carbonyl (C=O) groups is 1. The van der Waals surface area contributed by atoms with Crippen molar-refractivity contribution in [3.63, 3.8) is 0 Å². The first-order chi connectivity index (χ1) is 8.56. The molecule has 1 rings (SSSR count). The minimum absolute atomic E-state index is 0.0404. The van der Waals surface area contributed by atoms with E-state index in [0.717, 1.165) is 11.3 Å². The standard InChI is InChI=1S/C14H18N2O2/c1-10(2)16-14(17)12(9-15)7-11-5-4-6-13(8-11)18-3/h4-6,8,10,12H,7H2,1-3H3,(H,16,17). The molecule has 0 heterocycles. The van der Waals surface area contributed by atoms with Gasteiger partial charge in [-0.2, -0.15) is 5.26 Å². The first-order valence-corrected chi connectivity index (χ1v) is 5.89. The molecule has 4 heteroatoms. The van der Waals surface area contributed by atoms with Crippen molar-refractivity contribution >= 4 is 5.91 Å². The number of carbonyl (C=O) groups excluding carboxylic acids is 1. The summed E-state index contributed by atoms with van der Waals surface area (Å²) in [4.78, 5) is 11.8. The van der Waals surface area contributed by atoms with Crippen LogP contribution >= 0.6 is 0 Å². The van der Waals surface area contributed by atoms with E-state index in [0.29, 0.717) is 6.42 Å². The largest absolute Gasteiger partial charge is 0.497 e. The number of nitrogens with one attached hydrogen (secondary N) is 1. The molecule has 1 N–H and O–H groups in total. The van der Waals surface area contributed by atoms with Crippen LogP contribution in [0.1, 0.15) is 19.4 Å². The molecule has 0 radical (unpaired) electrons. The van der Waals surface area contributed by atoms with Crippen LogP contribution in [0, 0.1) is 17.2 Å². The summed E-state index contributed by atoms with van der Waals surface area (Å²) in [5.41, 5.74) is 0.916. The van der Waals surface area contributed by atoms with Gasteiger partial charge in [-0.15, -0.1) is 0 Å². The van der Waals surface area contributed by atoms with Crippen molar-refractivity contribution in [3.05, 3.63) is 29.8 Å². The number of rotatable bonds is 5. The molecule has 1 aromatic rings. The molecule has 0 spiro atoms. The van der Waals surface area contributed by atoms with E-state index in [1.807, 2.05) is 44.2 Å². The first kappa shape index (κ1) is 14.0. The Balaban J connectivity index is 2.74. The summed E-state index contributed by atoms with van der Waals surface area (Å²) in [6.45, 7) is 3.75. The Labute approximate surface area is 108 Å². The zero-order valence-electron chi connectivity index (χ0n) is 10.9. The number of benzene rings is 1. The number of nitriles is 1. The molecule has 0 saturated carbocycles. The van der Waals surface area contributed by atoms with E-state index < -0.39 is 5.92 Å². The highest BCUT2D eigenvalue weighted by atomic mass is 16.5. The quantitative estimate of drug-likeness (QED) is 0.863. The van der Waals surface area contributed by atoms with E-state index in [4.69, 9.17) is 10.00 Å². The third-order valence-electron chi connectivity index (χ3n) is 2.48. The SMILES string of the molecule is COc1cccc(CC(C#N)C(=O)NC(C)C)c1. The van der Waals surface area contributed by atoms with Crippen molar-refractivity contribution in [1.29, 1.82) is 5.26 Å². The van der Waals surface area contributed by atoms with Gasteiger partial charge in [0.2, 0.25) is 5.91 Å². The average molecular weight is 246 g/mol. The maximum Gasteiger partial charge on any atom is 0.237 e. The van der Waals surface area contributed by atoms with E-state index >= 15 is 0 Å². The third kappa shape index (κ3) is 4.10. The van der Waals surface area contributed by atoms with Gasteiger partial charge in [-0.3, -0.25) is 4.79 Å². The van der Waals surface area contributed by atoms with Gasteiger partial charge in [0.15, 0.2) is 0 Å². The molecule has 0 aromatic heterocycles. The van der Waals surface area contributed by atoms with E-state index in [1.165, 1.54) is 0 Å². The first-order valence-electron chi connectivity index (χ1n) is 5.89. The van der Waals surface area contributed by atoms with E-state index in [-0.39, 0.29) is 11.9 Å². The van der Waals surface area contributed by atoms with Crippen LogP contribution in [0.15, 0.2) is 24.3 Å². The van der Waals surface area contributed by atoms with Crippen molar-refractivity contribution in [2.24, 2.45) is 5.92 Å². The minimum atomic E-state index is -0.667. The Bertz CT molecular complexity index is 449. The highest BCUT2D eigenvalue weighted by Gasteiger charge is 2.19. The van der Waals surface area contributed by atoms with Crippen molar-refractivity contribution in [2.45, 2.75) is 26.3 Å². The minimum Gasteiger partial charge on any atom is -0.497 e. The van der Waals surface area contributed by atoms with Gasteiger partial charge < -0.3 is 10.1 Å². The highest BCUT2D eigenvalue weighted by Crippen LogP contribution is 2.16. The van der Waals surface area contributed by atoms with Crippen molar-refractivity contribution < 1.29 is 9.53 Å². The summed E-state index contributed by atoms with van der Waals surface area (Å²) in [7, 11) is 1.59. The van der Waals surface area contributed by atoms with Crippen LogP contribution in [0.2, 0.25) is 0 Å². The normalized spacial score (nSPS) is 11.7. The number of nitrogens with zero attached hydrogens (tertiary/aromatic N) is 1. The van der Waals surface area contributed by atoms with Crippen LogP contribution in [0.4, 0.5) is 0 Å². The monoisotopic (exact) mass is 246 g/mol. The van der Waals surface area contributed by atoms with Gasteiger partial charge in [0.25, 0.3) is 0 Å². The highest BCUT2D eigenvalue weighted by molar-refractivity contribution is 5.81. The van der Waals surface area contributed by atoms with E-state index in [1.54, 1.807) is 7.11 Å². The molecule has 4 nitrogen and oxygen atoms in total. The summed E-state index contributed by atoms with van der Waals surface area (Å²) in [5, 5.41) is 11.8. The van der Waals surface area contributed by atoms with Crippen LogP contribution in [0.3, 0.4) is 0 Å². The fraction of sp³-hybridized carbons (Fsp3) is 0.429. The van der Waals surface area contributed by atoms with Crippen LogP contribution in [0.5, 0.6) is 5.75 Å². The molecule has 0 aliphatic carbocycles. The Hall–Kier alpha value is -2.02. The molecule has 1 unspecified atom stereocenters. The molecule has 18 heavy (non-hydrogen) atoms. The zero-order valence-corrected chi connectivity index (χ0v) is 10.9. The molecular formula is C14H18N2O2. The second kappa shape index (κ2) is 6.65. The molecule has 1 atom stereocenters. The Kier molecular flexibility index (Phi) is 5.19. The van der Waals surface area contributed by atoms with Crippen molar-refractivity contribution in [2.75, 3.05) is 7.11 Å². The predicted molar refractivity (Wildman–Crippen MR) is 69.1 cm³/mol. The number of hydrogen-bond acceptors (Lipinski definition) is 3. The predicted octanol–water partition coefficient (Wildman–Crippen LogP) is 1.90. The van der Waals surface area contributed by atoms with E-state index in [9.17, 15) is 4.79 Å². The lowest BCUT2D eigenvalue weighted by Crippen LogP contribution is -2.35. The smallest absolute Gasteiger partial charge is 0.237 e. The summed E-state index contributed by atoms with van der Waals surface area (Å²) in [6.07, 6.45) is 0.395. The van der Waals surface area contributed by atoms with Gasteiger partial charge >= 0.3 is 0 Å². The maximum absolute atomic E-state index is 11.8. The molecule has 96 valence electrons. The fourth-order valence-electron chi connectivity index (χ4n) is 1.62. The molecule has 0 aliphatic heterocycles. The van der Waals surface area contributed by atoms with Crippen LogP contribution in [-0.4, -0.2) is 19.1 Å². The number of methoxy groups -OCH3 is 1. The summed E-state index contributed by atoms with van der Waals surface area (Å²) in [6, 6.07) is 9.49. The third-order valence-corrected chi connectivity index (χ3v) is 2.48. The molecule has 0 fully saturated rings. The average Bonchev–Trinajstić information content (AvgIpc) is 2.35. The lowest BCUT2D eigenvalue weighted by atomic mass is 9.99. The van der Waals surface area contributed by atoms with E-state index in [2.05, 4.69) is 5.32 Å². The second-order valence-corrected chi connectivity index (χ2v) is 4.40. The molecule has 1 amide bonds. The van der Waals surface area contributed by atoms with Gasteiger partial charge in [0.1, 0.15) is 11.7 Å². The zero-order chi connectivity index (χ0) is 13.5. The van der Waals surface area contributed by atoms with Crippen LogP contribution in [0.25, 0.3) is 0 Å². The van der Waals surface area contributed by atoms with Gasteiger partial charge in [-0.25, -0.2) is 0 Å². The lowest BCUT2D eigenvalue weighted by molar-refractivity contribution is -0.123. The van der Waals surface area contributed by atoms with Gasteiger partial charge in [-0.05, 0) is 38.0 Å². The Morgan fingerprint density at radius 1 is 1.50 bits per heavy atom. The summed E-state index contributed by atoms with van der Waals surface area (Å²) < 4.78 is 5.11. The van der Waals surface area contributed by atoms with Gasteiger partial charge in [0, 0.05) is 6.04 Å².